The second-order valence-electron chi connectivity index (χ2n) is 3.48. The van der Waals surface area contributed by atoms with Crippen molar-refractivity contribution in [3.8, 4) is 0 Å². The smallest absolute Gasteiger partial charge is 0.263 e. The minimum Gasteiger partial charge on any atom is -0.365 e. The number of carbonyl (C=O) groups is 1. The van der Waals surface area contributed by atoms with Crippen LogP contribution in [-0.2, 0) is 10.0 Å². The molecule has 0 radical (unpaired) electrons. The summed E-state index contributed by atoms with van der Waals surface area (Å²) in [5.41, 5.74) is 5.07. The van der Waals surface area contributed by atoms with Crippen molar-refractivity contribution < 1.29 is 13.2 Å². The maximum absolute atomic E-state index is 12.0. The van der Waals surface area contributed by atoms with Gasteiger partial charge in [-0.25, -0.2) is 13.4 Å². The van der Waals surface area contributed by atoms with Gasteiger partial charge in [0, 0.05) is 11.6 Å². The molecule has 6 nitrogen and oxygen atoms in total. The molecule has 0 saturated heterocycles. The first-order valence-corrected chi connectivity index (χ1v) is 7.65. The molecule has 0 aliphatic heterocycles. The standard InChI is InChI=1S/C10H8ClN3O3S2/c11-6-1-2-9(13-4-6)14-19(16,17)7-3-8(10(12)15)18-5-7/h1-5H,(H2,12,15)(H,13,14). The topological polar surface area (TPSA) is 102 Å². The largest absolute Gasteiger partial charge is 0.365 e. The molecule has 0 spiro atoms. The summed E-state index contributed by atoms with van der Waals surface area (Å²) in [6.07, 6.45) is 1.32. The highest BCUT2D eigenvalue weighted by atomic mass is 35.5. The third-order valence-electron chi connectivity index (χ3n) is 2.09. The Balaban J connectivity index is 2.26. The number of nitrogens with one attached hydrogen (secondary N) is 1. The number of nitrogens with two attached hydrogens (primary N) is 1. The van der Waals surface area contributed by atoms with E-state index in [-0.39, 0.29) is 15.6 Å². The number of aromatic nitrogens is 1. The molecule has 0 aliphatic carbocycles. The molecule has 19 heavy (non-hydrogen) atoms. The Bertz CT molecular complexity index is 710. The Morgan fingerprint density at radius 1 is 1.42 bits per heavy atom. The average molecular weight is 318 g/mol. The molecule has 0 fully saturated rings. The number of anilines is 1. The number of rotatable bonds is 4. The van der Waals surface area contributed by atoms with Crippen molar-refractivity contribution in [1.29, 1.82) is 0 Å². The summed E-state index contributed by atoms with van der Waals surface area (Å²) in [5.74, 6) is -0.535. The minimum absolute atomic E-state index is 0.0388. The highest BCUT2D eigenvalue weighted by Gasteiger charge is 2.18. The number of amides is 1. The van der Waals surface area contributed by atoms with E-state index in [9.17, 15) is 13.2 Å². The van der Waals surface area contributed by atoms with E-state index < -0.39 is 15.9 Å². The second kappa shape index (κ2) is 5.16. The van der Waals surface area contributed by atoms with E-state index >= 15 is 0 Å². The highest BCUT2D eigenvalue weighted by molar-refractivity contribution is 7.92. The number of thiophene rings is 1. The zero-order valence-electron chi connectivity index (χ0n) is 9.33. The molecular formula is C10H8ClN3O3S2. The summed E-state index contributed by atoms with van der Waals surface area (Å²) in [7, 11) is -3.79. The van der Waals surface area contributed by atoms with Gasteiger partial charge in [-0.2, -0.15) is 0 Å². The zero-order valence-corrected chi connectivity index (χ0v) is 11.7. The number of hydrogen-bond acceptors (Lipinski definition) is 5. The average Bonchev–Trinajstić information content (AvgIpc) is 2.82. The molecule has 2 heterocycles. The van der Waals surface area contributed by atoms with Gasteiger partial charge in [-0.15, -0.1) is 11.3 Å². The number of carbonyl (C=O) groups excluding carboxylic acids is 1. The van der Waals surface area contributed by atoms with Crippen LogP contribution in [0.15, 0.2) is 34.7 Å². The van der Waals surface area contributed by atoms with Gasteiger partial charge in [0.15, 0.2) is 0 Å². The molecule has 0 aliphatic rings. The van der Waals surface area contributed by atoms with Gasteiger partial charge in [-0.3, -0.25) is 9.52 Å². The zero-order chi connectivity index (χ0) is 14.0. The Kier molecular flexibility index (Phi) is 3.74. The lowest BCUT2D eigenvalue weighted by molar-refractivity contribution is 0.100. The molecule has 1 amide bonds. The fourth-order valence-corrected chi connectivity index (χ4v) is 3.47. The van der Waals surface area contributed by atoms with Crippen molar-refractivity contribution in [3.05, 3.63) is 39.7 Å². The van der Waals surface area contributed by atoms with Crippen molar-refractivity contribution in [1.82, 2.24) is 4.98 Å². The fraction of sp³-hybridized carbons (Fsp3) is 0. The Hall–Kier alpha value is -1.64. The number of primary amides is 1. The molecule has 100 valence electrons. The van der Waals surface area contributed by atoms with Crippen molar-refractivity contribution in [2.45, 2.75) is 4.90 Å². The number of hydrogen-bond donors (Lipinski definition) is 2. The van der Waals surface area contributed by atoms with Gasteiger partial charge in [0.05, 0.1) is 14.8 Å². The normalized spacial score (nSPS) is 11.2. The van der Waals surface area contributed by atoms with Crippen LogP contribution in [0.5, 0.6) is 0 Å². The summed E-state index contributed by atoms with van der Waals surface area (Å²) in [4.78, 5) is 14.9. The van der Waals surface area contributed by atoms with Crippen LogP contribution < -0.4 is 10.5 Å². The lowest BCUT2D eigenvalue weighted by atomic mass is 10.5. The van der Waals surface area contributed by atoms with Crippen LogP contribution in [0, 0.1) is 0 Å². The molecule has 2 aromatic heterocycles. The molecule has 0 aromatic carbocycles. The van der Waals surface area contributed by atoms with Crippen LogP contribution in [0.2, 0.25) is 5.02 Å². The van der Waals surface area contributed by atoms with E-state index in [1.165, 1.54) is 29.8 Å². The lowest BCUT2D eigenvalue weighted by Gasteiger charge is -2.04. The number of nitrogens with zero attached hydrogens (tertiary/aromatic N) is 1. The molecule has 2 aromatic rings. The van der Waals surface area contributed by atoms with Crippen molar-refractivity contribution in [2.24, 2.45) is 5.73 Å². The SMILES string of the molecule is NC(=O)c1cc(S(=O)(=O)Nc2ccc(Cl)cn2)cs1. The minimum atomic E-state index is -3.79. The quantitative estimate of drug-likeness (QED) is 0.895. The third-order valence-corrected chi connectivity index (χ3v) is 4.75. The van der Waals surface area contributed by atoms with Crippen LogP contribution >= 0.6 is 22.9 Å². The highest BCUT2D eigenvalue weighted by Crippen LogP contribution is 2.21. The van der Waals surface area contributed by atoms with Crippen molar-refractivity contribution in [3.63, 3.8) is 0 Å². The van der Waals surface area contributed by atoms with E-state index in [1.807, 2.05) is 0 Å². The van der Waals surface area contributed by atoms with Gasteiger partial charge in [-0.1, -0.05) is 11.6 Å². The summed E-state index contributed by atoms with van der Waals surface area (Å²) >= 11 is 6.61. The second-order valence-corrected chi connectivity index (χ2v) is 6.51. The summed E-state index contributed by atoms with van der Waals surface area (Å²) < 4.78 is 26.3. The number of halogens is 1. The Morgan fingerprint density at radius 2 is 2.16 bits per heavy atom. The van der Waals surface area contributed by atoms with E-state index in [0.29, 0.717) is 5.02 Å². The molecule has 2 rings (SSSR count). The molecular weight excluding hydrogens is 310 g/mol. The third kappa shape index (κ3) is 3.22. The van der Waals surface area contributed by atoms with Crippen LogP contribution in [0.4, 0.5) is 5.82 Å². The van der Waals surface area contributed by atoms with Gasteiger partial charge in [0.1, 0.15) is 5.82 Å². The van der Waals surface area contributed by atoms with Crippen LogP contribution in [0.3, 0.4) is 0 Å². The fourth-order valence-electron chi connectivity index (χ4n) is 1.22. The first kappa shape index (κ1) is 13.8. The maximum atomic E-state index is 12.0. The molecule has 0 bridgehead atoms. The van der Waals surface area contributed by atoms with E-state index in [4.69, 9.17) is 17.3 Å². The maximum Gasteiger partial charge on any atom is 0.263 e. The van der Waals surface area contributed by atoms with Crippen molar-refractivity contribution >= 4 is 44.7 Å². The monoisotopic (exact) mass is 317 g/mol. The summed E-state index contributed by atoms with van der Waals surface area (Å²) in [6.45, 7) is 0. The van der Waals surface area contributed by atoms with Gasteiger partial charge in [0.2, 0.25) is 0 Å². The van der Waals surface area contributed by atoms with Gasteiger partial charge >= 0.3 is 0 Å². The predicted molar refractivity (Wildman–Crippen MR) is 72.9 cm³/mol. The van der Waals surface area contributed by atoms with Crippen molar-refractivity contribution in [2.75, 3.05) is 4.72 Å². The van der Waals surface area contributed by atoms with Crippen LogP contribution in [0.1, 0.15) is 9.67 Å². The molecule has 3 N–H and O–H groups in total. The Labute approximate surface area is 118 Å². The van der Waals surface area contributed by atoms with Crippen LogP contribution in [-0.4, -0.2) is 19.3 Å². The number of sulfonamides is 1. The molecule has 0 unspecified atom stereocenters. The van der Waals surface area contributed by atoms with Crippen LogP contribution in [0.25, 0.3) is 0 Å². The Morgan fingerprint density at radius 3 is 2.68 bits per heavy atom. The molecule has 0 atom stereocenters. The lowest BCUT2D eigenvalue weighted by Crippen LogP contribution is -2.13. The first-order chi connectivity index (χ1) is 8.88. The van der Waals surface area contributed by atoms with E-state index in [2.05, 4.69) is 9.71 Å². The van der Waals surface area contributed by atoms with E-state index in [0.717, 1.165) is 11.3 Å². The summed E-state index contributed by atoms with van der Waals surface area (Å²) in [6, 6.07) is 4.15. The summed E-state index contributed by atoms with van der Waals surface area (Å²) in [5, 5.41) is 1.73. The number of pyridine rings is 1. The van der Waals surface area contributed by atoms with Gasteiger partial charge in [-0.05, 0) is 18.2 Å². The molecule has 0 saturated carbocycles. The molecule has 9 heteroatoms. The predicted octanol–water partition coefficient (Wildman–Crippen LogP) is 1.70. The van der Waals surface area contributed by atoms with Gasteiger partial charge in [0.25, 0.3) is 15.9 Å². The van der Waals surface area contributed by atoms with Gasteiger partial charge < -0.3 is 5.73 Å². The van der Waals surface area contributed by atoms with E-state index in [1.54, 1.807) is 0 Å². The first-order valence-electron chi connectivity index (χ1n) is 4.91.